The van der Waals surface area contributed by atoms with E-state index >= 15 is 0 Å². The van der Waals surface area contributed by atoms with Crippen molar-refractivity contribution in [1.29, 1.82) is 5.39 Å². The van der Waals surface area contributed by atoms with E-state index in [2.05, 4.69) is 4.98 Å². The fourth-order valence-electron chi connectivity index (χ4n) is 4.52. The van der Waals surface area contributed by atoms with Gasteiger partial charge in [0, 0.05) is 10.4 Å². The Morgan fingerprint density at radius 2 is 1.35 bits per heavy atom. The van der Waals surface area contributed by atoms with E-state index in [1.165, 1.54) is 0 Å². The van der Waals surface area contributed by atoms with Crippen LogP contribution in [0.4, 0.5) is 0 Å². The molecule has 194 valence electrons. The number of nitrogens with zero attached hydrogens (tertiary/aromatic N) is 6. The van der Waals surface area contributed by atoms with E-state index < -0.39 is 22.2 Å². The van der Waals surface area contributed by atoms with Gasteiger partial charge in [-0.05, 0) is 91.8 Å². The molecule has 10 heteroatoms. The van der Waals surface area contributed by atoms with Gasteiger partial charge < -0.3 is 15.5 Å². The minimum atomic E-state index is -0.927. The Kier molecular flexibility index (Phi) is 5.84. The zero-order chi connectivity index (χ0) is 27.7. The van der Waals surface area contributed by atoms with Crippen LogP contribution >= 0.6 is 0 Å². The summed E-state index contributed by atoms with van der Waals surface area (Å²) in [6, 6.07) is 13.2. The van der Waals surface area contributed by atoms with Crippen LogP contribution in [0.2, 0.25) is 0 Å². The van der Waals surface area contributed by atoms with Crippen molar-refractivity contribution >= 4 is 17.4 Å². The number of benzene rings is 2. The Bertz CT molecular complexity index is 1410. The Morgan fingerprint density at radius 1 is 0.811 bits per heavy atom. The Balaban J connectivity index is 1.76. The minimum Gasteiger partial charge on any atom is -0.757 e. The molecule has 0 atom stereocenters. The molecule has 0 spiro atoms. The van der Waals surface area contributed by atoms with Gasteiger partial charge in [-0.25, -0.2) is 0 Å². The molecular formula is C27H32N6O4. The van der Waals surface area contributed by atoms with Crippen molar-refractivity contribution in [2.45, 2.75) is 77.5 Å². The van der Waals surface area contributed by atoms with Crippen molar-refractivity contribution in [2.24, 2.45) is 0 Å². The van der Waals surface area contributed by atoms with E-state index in [0.29, 0.717) is 21.6 Å². The molecule has 2 aromatic rings. The SMILES string of the molecule is CC1(C)N([O])C(=c2ccc(=C([N+]#N)c3ccc(C4=[N+]([O-])C(C)(C)C(C)(C)N4[O])cc3)cc2)N([O-])C1(C)C. The summed E-state index contributed by atoms with van der Waals surface area (Å²) in [5.74, 6) is 0.0503. The third kappa shape index (κ3) is 3.49. The van der Waals surface area contributed by atoms with Crippen LogP contribution in [0.3, 0.4) is 0 Å². The van der Waals surface area contributed by atoms with Crippen molar-refractivity contribution < 1.29 is 15.2 Å². The van der Waals surface area contributed by atoms with Gasteiger partial charge in [-0.1, -0.05) is 22.4 Å². The van der Waals surface area contributed by atoms with Crippen LogP contribution < -0.4 is 10.4 Å². The van der Waals surface area contributed by atoms with Gasteiger partial charge in [-0.15, -0.1) is 0 Å². The average Bonchev–Trinajstić information content (AvgIpc) is 3.04. The van der Waals surface area contributed by atoms with Crippen molar-refractivity contribution in [3.05, 3.63) is 85.5 Å². The Morgan fingerprint density at radius 3 is 1.76 bits per heavy atom. The number of hydrogen-bond acceptors (Lipinski definition) is 6. The van der Waals surface area contributed by atoms with Crippen LogP contribution in [-0.2, 0) is 10.4 Å². The zero-order valence-corrected chi connectivity index (χ0v) is 22.4. The second kappa shape index (κ2) is 8.18. The first-order valence-corrected chi connectivity index (χ1v) is 12.1. The molecule has 37 heavy (non-hydrogen) atoms. The standard InChI is InChI=1S/C27H32N6O4/c1-24(2)25(3,4)31(35)22(30(24)34)19-13-9-17(10-14-19)21(29-28)18-11-15-20(16-12-18)23-32(36)26(5,6)27(7,8)33(23)37/h9-16H,1-8H3. The molecule has 2 aliphatic heterocycles. The lowest BCUT2D eigenvalue weighted by atomic mass is 9.84. The van der Waals surface area contributed by atoms with E-state index in [0.717, 1.165) is 19.9 Å². The molecule has 2 aromatic carbocycles. The second-order valence-corrected chi connectivity index (χ2v) is 11.7. The maximum Gasteiger partial charge on any atom is 0.399 e. The molecule has 4 rings (SSSR count). The van der Waals surface area contributed by atoms with Crippen molar-refractivity contribution in [3.63, 3.8) is 0 Å². The Hall–Kier alpha value is -3.65. The van der Waals surface area contributed by atoms with Gasteiger partial charge in [0.05, 0.1) is 27.4 Å². The highest BCUT2D eigenvalue weighted by atomic mass is 16.6. The highest BCUT2D eigenvalue weighted by molar-refractivity contribution is 5.96. The minimum absolute atomic E-state index is 0.0251. The predicted molar refractivity (Wildman–Crippen MR) is 137 cm³/mol. The summed E-state index contributed by atoms with van der Waals surface area (Å²) < 4.78 is 0.747. The Labute approximate surface area is 216 Å². The smallest absolute Gasteiger partial charge is 0.399 e. The van der Waals surface area contributed by atoms with Crippen LogP contribution in [0.15, 0.2) is 48.5 Å². The molecule has 0 saturated carbocycles. The van der Waals surface area contributed by atoms with Crippen LogP contribution in [0, 0.1) is 15.8 Å². The van der Waals surface area contributed by atoms with Gasteiger partial charge >= 0.3 is 11.5 Å². The molecule has 0 aromatic heterocycles. The first-order chi connectivity index (χ1) is 17.0. The summed E-state index contributed by atoms with van der Waals surface area (Å²) in [5.41, 5.74) is -2.45. The van der Waals surface area contributed by atoms with Crippen LogP contribution in [0.5, 0.6) is 0 Å². The number of rotatable bonds is 2. The highest BCUT2D eigenvalue weighted by Gasteiger charge is 2.60. The van der Waals surface area contributed by atoms with Gasteiger partial charge in [-0.2, -0.15) is 5.06 Å². The lowest BCUT2D eigenvalue weighted by Crippen LogP contribution is -2.53. The third-order valence-electron chi connectivity index (χ3n) is 8.73. The molecule has 0 amide bonds. The topological polar surface area (TPSA) is 127 Å². The average molecular weight is 505 g/mol. The van der Waals surface area contributed by atoms with E-state index in [4.69, 9.17) is 0 Å². The maximum absolute atomic E-state index is 12.9. The molecule has 2 aliphatic rings. The van der Waals surface area contributed by atoms with E-state index in [1.54, 1.807) is 104 Å². The van der Waals surface area contributed by atoms with Gasteiger partial charge in [0.2, 0.25) is 5.39 Å². The maximum atomic E-state index is 12.9. The molecule has 1 fully saturated rings. The van der Waals surface area contributed by atoms with Crippen LogP contribution in [-0.4, -0.2) is 47.9 Å². The number of diazo groups is 1. The molecule has 0 N–H and O–H groups in total. The molecule has 10 nitrogen and oxygen atoms in total. The summed E-state index contributed by atoms with van der Waals surface area (Å²) in [6.07, 6.45) is 0. The van der Waals surface area contributed by atoms with Crippen LogP contribution in [0.25, 0.3) is 16.5 Å². The van der Waals surface area contributed by atoms with E-state index in [1.807, 2.05) is 0 Å². The van der Waals surface area contributed by atoms with Crippen molar-refractivity contribution in [2.75, 3.05) is 0 Å². The van der Waals surface area contributed by atoms with Gasteiger partial charge in [0.1, 0.15) is 11.4 Å². The van der Waals surface area contributed by atoms with E-state index in [9.17, 15) is 26.2 Å². The lowest BCUT2D eigenvalue weighted by Gasteiger charge is -2.43. The molecule has 0 bridgehead atoms. The van der Waals surface area contributed by atoms with Gasteiger partial charge in [0.15, 0.2) is 10.5 Å². The summed E-state index contributed by atoms with van der Waals surface area (Å²) in [4.78, 5) is 3.45. The molecule has 0 aliphatic carbocycles. The van der Waals surface area contributed by atoms with E-state index in [-0.39, 0.29) is 17.4 Å². The zero-order valence-electron chi connectivity index (χ0n) is 22.4. The van der Waals surface area contributed by atoms with Gasteiger partial charge in [-0.3, -0.25) is 4.74 Å². The first kappa shape index (κ1) is 26.4. The number of hydrogen-bond donors (Lipinski definition) is 0. The van der Waals surface area contributed by atoms with Crippen molar-refractivity contribution in [3.8, 4) is 0 Å². The first-order valence-electron chi connectivity index (χ1n) is 12.1. The van der Waals surface area contributed by atoms with Crippen LogP contribution in [0.1, 0.15) is 66.5 Å². The third-order valence-corrected chi connectivity index (χ3v) is 8.73. The summed E-state index contributed by atoms with van der Waals surface area (Å²) in [5, 5.41) is 64.8. The largest absolute Gasteiger partial charge is 0.757 e. The van der Waals surface area contributed by atoms with Crippen molar-refractivity contribution in [1.82, 2.24) is 15.2 Å². The normalized spacial score (nSPS) is 21.5. The fraction of sp³-hybridized carbons (Fsp3) is 0.444. The summed E-state index contributed by atoms with van der Waals surface area (Å²) in [7, 11) is 0. The molecule has 1 saturated heterocycles. The number of hydroxylamine groups is 7. The quantitative estimate of drug-likeness (QED) is 0.351. The molecule has 0 unspecified atom stereocenters. The molecule has 2 heterocycles. The summed E-state index contributed by atoms with van der Waals surface area (Å²) >= 11 is 0. The molecule has 2 radical (unpaired) electrons. The highest BCUT2D eigenvalue weighted by Crippen LogP contribution is 2.44. The predicted octanol–water partition coefficient (Wildman–Crippen LogP) is 3.26. The monoisotopic (exact) mass is 504 g/mol. The second-order valence-electron chi connectivity index (χ2n) is 11.7. The van der Waals surface area contributed by atoms with Gasteiger partial charge in [0.25, 0.3) is 0 Å². The fourth-order valence-corrected chi connectivity index (χ4v) is 4.52. The number of amidine groups is 1. The molecular weight excluding hydrogens is 472 g/mol. The lowest BCUT2D eigenvalue weighted by molar-refractivity contribution is -0.539. The summed E-state index contributed by atoms with van der Waals surface area (Å²) in [6.45, 7) is 13.9.